The summed E-state index contributed by atoms with van der Waals surface area (Å²) in [4.78, 5) is 31.4. The number of carbonyl (C=O) groups is 1. The number of rotatable bonds is 16. The Labute approximate surface area is 399 Å². The summed E-state index contributed by atoms with van der Waals surface area (Å²) in [6, 6.07) is 33.2. The number of likely N-dealkylation sites (tertiary alicyclic amines) is 2. The van der Waals surface area contributed by atoms with Gasteiger partial charge in [-0.05, 0) is 97.7 Å². The number of ether oxygens (including phenoxy) is 3. The van der Waals surface area contributed by atoms with Crippen LogP contribution in [0.15, 0.2) is 127 Å². The van der Waals surface area contributed by atoms with Crippen LogP contribution in [-0.4, -0.2) is 86.9 Å². The van der Waals surface area contributed by atoms with Crippen molar-refractivity contribution in [3.63, 3.8) is 0 Å². The Bertz CT molecular complexity index is 2880. The van der Waals surface area contributed by atoms with Crippen LogP contribution in [0.2, 0.25) is 0 Å². The van der Waals surface area contributed by atoms with Gasteiger partial charge >= 0.3 is 0 Å². The summed E-state index contributed by atoms with van der Waals surface area (Å²) in [6.45, 7) is 16.9. The Morgan fingerprint density at radius 3 is 2.51 bits per heavy atom. The van der Waals surface area contributed by atoms with Crippen LogP contribution in [0.3, 0.4) is 0 Å². The molecule has 5 N–H and O–H groups in total. The molecule has 10 rings (SSSR count). The second-order valence-corrected chi connectivity index (χ2v) is 19.6. The van der Waals surface area contributed by atoms with Crippen molar-refractivity contribution in [1.82, 2.24) is 24.3 Å². The molecule has 4 aromatic carbocycles. The van der Waals surface area contributed by atoms with E-state index in [4.69, 9.17) is 35.7 Å². The molecule has 1 unspecified atom stereocenters. The van der Waals surface area contributed by atoms with Crippen molar-refractivity contribution in [3.8, 4) is 34.0 Å². The summed E-state index contributed by atoms with van der Waals surface area (Å²) in [5.41, 5.74) is 23.6. The van der Waals surface area contributed by atoms with Gasteiger partial charge in [0, 0.05) is 58.6 Å². The van der Waals surface area contributed by atoms with Crippen LogP contribution in [0.5, 0.6) is 11.5 Å². The highest BCUT2D eigenvalue weighted by Gasteiger charge is 2.39. The van der Waals surface area contributed by atoms with Crippen molar-refractivity contribution in [3.05, 3.63) is 144 Å². The van der Waals surface area contributed by atoms with Crippen molar-refractivity contribution in [1.29, 1.82) is 0 Å². The molecule has 4 aliphatic rings. The van der Waals surface area contributed by atoms with Crippen LogP contribution in [0.4, 0.5) is 0 Å². The molecule has 12 nitrogen and oxygen atoms in total. The fourth-order valence-electron chi connectivity index (χ4n) is 10.2. The number of nitrogens with one attached hydrogen (secondary N) is 1. The van der Waals surface area contributed by atoms with Gasteiger partial charge in [0.2, 0.25) is 12.1 Å². The molecule has 2 fully saturated rings. The molecule has 6 heterocycles. The minimum atomic E-state index is -0.552. The molecule has 6 aromatic rings. The van der Waals surface area contributed by atoms with Crippen LogP contribution < -0.4 is 20.9 Å². The van der Waals surface area contributed by atoms with E-state index in [1.165, 1.54) is 0 Å². The monoisotopic (exact) mass is 913 g/mol. The summed E-state index contributed by atoms with van der Waals surface area (Å²) in [5.74, 6) is 2.93. The second-order valence-electron chi connectivity index (χ2n) is 19.6. The molecule has 0 aliphatic carbocycles. The van der Waals surface area contributed by atoms with Gasteiger partial charge in [0.05, 0.1) is 60.2 Å². The maximum absolute atomic E-state index is 13.5. The molecule has 68 heavy (non-hydrogen) atoms. The maximum Gasteiger partial charge on any atom is 0.240 e. The number of H-pyrrole nitrogens is 1. The van der Waals surface area contributed by atoms with E-state index >= 15 is 0 Å². The van der Waals surface area contributed by atoms with Crippen molar-refractivity contribution < 1.29 is 19.0 Å². The van der Waals surface area contributed by atoms with Crippen LogP contribution in [0, 0.1) is 11.8 Å². The zero-order chi connectivity index (χ0) is 47.1. The standard InChI is InChI=1S/C56H64N8O4/c1-34(2)45(57)32-62-22-10-17-49(62)54-60-31-46(61-54)39-19-21-47-41(26-39)28-50-43-20-18-38(44-30-59-53(36(44)5)48-16-11-23-63(48)55(65)52(58)35(3)4)29-51(43)68-56(64(47)50)40-14-9-15-42(27-40)67-25-24-66-33-37-12-7-6-8-13-37/h6-9,12-15,18-21,26-31,34-35,45,48-49,52,56H,5,10-11,16-17,22-25,32-33,57-58H2,1-4H3,(H,60,61)/t45-,48+,49+,52+,56?/m1/s1. The number of allylic oxidation sites excluding steroid dienone is 1. The highest BCUT2D eigenvalue weighted by Crippen LogP contribution is 2.47. The van der Waals surface area contributed by atoms with Gasteiger partial charge < -0.3 is 40.1 Å². The molecule has 4 aliphatic heterocycles. The number of aromatic nitrogens is 3. The smallest absolute Gasteiger partial charge is 0.240 e. The number of aromatic amines is 1. The first-order valence-electron chi connectivity index (χ1n) is 24.4. The first kappa shape index (κ1) is 45.5. The van der Waals surface area contributed by atoms with E-state index < -0.39 is 12.3 Å². The minimum Gasteiger partial charge on any atom is -0.491 e. The van der Waals surface area contributed by atoms with Crippen LogP contribution >= 0.6 is 0 Å². The zero-order valence-electron chi connectivity index (χ0n) is 39.7. The van der Waals surface area contributed by atoms with E-state index in [-0.39, 0.29) is 30.0 Å². The summed E-state index contributed by atoms with van der Waals surface area (Å²) in [7, 11) is 0. The third kappa shape index (κ3) is 8.94. The molecule has 1 amide bonds. The van der Waals surface area contributed by atoms with Gasteiger partial charge in [-0.15, -0.1) is 0 Å². The van der Waals surface area contributed by atoms with Crippen molar-refractivity contribution >= 4 is 28.1 Å². The average molecular weight is 913 g/mol. The fraction of sp³-hybridized carbons (Fsp3) is 0.375. The van der Waals surface area contributed by atoms with Gasteiger partial charge in [-0.25, -0.2) is 4.98 Å². The number of fused-ring (bicyclic) bond motifs is 5. The number of aliphatic imine (C=N–C) groups is 1. The third-order valence-electron chi connectivity index (χ3n) is 14.3. The summed E-state index contributed by atoms with van der Waals surface area (Å²) < 4.78 is 21.6. The Morgan fingerprint density at radius 1 is 0.882 bits per heavy atom. The van der Waals surface area contributed by atoms with E-state index in [2.05, 4.69) is 102 Å². The fourth-order valence-corrected chi connectivity index (χ4v) is 10.2. The molecule has 0 bridgehead atoms. The molecular formula is C56H64N8O4. The minimum absolute atomic E-state index is 0.0269. The predicted octanol–water partition coefficient (Wildman–Crippen LogP) is 9.68. The van der Waals surface area contributed by atoms with E-state index in [0.717, 1.165) is 123 Å². The Balaban J connectivity index is 0.946. The zero-order valence-corrected chi connectivity index (χ0v) is 39.7. The quantitative estimate of drug-likeness (QED) is 0.0814. The van der Waals surface area contributed by atoms with Gasteiger partial charge in [0.25, 0.3) is 0 Å². The average Bonchev–Trinajstić information content (AvgIpc) is 4.21. The number of carbonyl (C=O) groups excluding carboxylic acids is 1. The highest BCUT2D eigenvalue weighted by atomic mass is 16.5. The second kappa shape index (κ2) is 19.4. The SMILES string of the molecule is C=C1C(c2ccc3c(c2)OC(c2cccc(OCCOCc4ccccc4)c2)n2c-3cc3cc(-c4cnc([C@@H]5CCCN5C[C@@H](N)C(C)C)[nH]4)ccc32)=CN=C1[C@@H]1CCCN1C(=O)[C@@H](N)C(C)C. The van der Waals surface area contributed by atoms with Gasteiger partial charge in [0.15, 0.2) is 0 Å². The number of nitrogens with zero attached hydrogens (tertiary/aromatic N) is 5. The largest absolute Gasteiger partial charge is 0.491 e. The van der Waals surface area contributed by atoms with Crippen LogP contribution in [-0.2, 0) is 16.1 Å². The number of benzene rings is 4. The number of nitrogens with two attached hydrogens (primary N) is 2. The molecule has 12 heteroatoms. The van der Waals surface area contributed by atoms with E-state index in [0.29, 0.717) is 32.3 Å². The maximum atomic E-state index is 13.5. The van der Waals surface area contributed by atoms with Crippen molar-refractivity contribution in [2.24, 2.45) is 28.3 Å². The number of hydrogen-bond acceptors (Lipinski definition) is 9. The lowest BCUT2D eigenvalue weighted by Crippen LogP contribution is -2.50. The third-order valence-corrected chi connectivity index (χ3v) is 14.3. The topological polar surface area (TPSA) is 149 Å². The lowest BCUT2D eigenvalue weighted by atomic mass is 9.92. The van der Waals surface area contributed by atoms with Gasteiger partial charge in [-0.1, -0.05) is 88.9 Å². The van der Waals surface area contributed by atoms with Gasteiger partial charge in [-0.3, -0.25) is 14.7 Å². The van der Waals surface area contributed by atoms with Crippen LogP contribution in [0.1, 0.15) is 88.2 Å². The first-order valence-corrected chi connectivity index (χ1v) is 24.4. The molecule has 352 valence electrons. The molecule has 2 aromatic heterocycles. The van der Waals surface area contributed by atoms with Crippen molar-refractivity contribution in [2.75, 3.05) is 32.8 Å². The first-order chi connectivity index (χ1) is 33.0. The predicted molar refractivity (Wildman–Crippen MR) is 270 cm³/mol. The Morgan fingerprint density at radius 2 is 1.69 bits per heavy atom. The Kier molecular flexibility index (Phi) is 12.9. The molecule has 5 atom stereocenters. The summed E-state index contributed by atoms with van der Waals surface area (Å²) in [6.07, 6.45) is 7.27. The van der Waals surface area contributed by atoms with Crippen molar-refractivity contribution in [2.45, 2.75) is 90.4 Å². The molecule has 0 saturated carbocycles. The van der Waals surface area contributed by atoms with Gasteiger partial charge in [-0.2, -0.15) is 0 Å². The molecule has 0 spiro atoms. The summed E-state index contributed by atoms with van der Waals surface area (Å²) >= 11 is 0. The number of imidazole rings is 1. The van der Waals surface area contributed by atoms with Gasteiger partial charge in [0.1, 0.15) is 23.9 Å². The molecular weight excluding hydrogens is 849 g/mol. The lowest BCUT2D eigenvalue weighted by molar-refractivity contribution is -0.133. The van der Waals surface area contributed by atoms with E-state index in [1.807, 2.05) is 61.5 Å². The highest BCUT2D eigenvalue weighted by molar-refractivity contribution is 6.19. The lowest BCUT2D eigenvalue weighted by Gasteiger charge is -2.31. The number of amides is 1. The van der Waals surface area contributed by atoms with E-state index in [9.17, 15) is 4.79 Å². The van der Waals surface area contributed by atoms with Crippen LogP contribution in [0.25, 0.3) is 39.0 Å². The summed E-state index contributed by atoms with van der Waals surface area (Å²) in [5, 5.41) is 1.09. The molecule has 0 radical (unpaired) electrons. The number of hydrogen-bond donors (Lipinski definition) is 3. The Hall–Kier alpha value is -6.31. The normalized spacial score (nSPS) is 20.1. The van der Waals surface area contributed by atoms with E-state index in [1.54, 1.807) is 0 Å². The molecule has 2 saturated heterocycles.